The monoisotopic (exact) mass is 468 g/mol. The van der Waals surface area contributed by atoms with Crippen molar-refractivity contribution in [3.63, 3.8) is 0 Å². The maximum absolute atomic E-state index is 12.9. The third-order valence-electron chi connectivity index (χ3n) is 6.15. The molecule has 8 heteroatoms. The van der Waals surface area contributed by atoms with Crippen molar-refractivity contribution in [2.24, 2.45) is 0 Å². The van der Waals surface area contributed by atoms with Crippen molar-refractivity contribution in [3.8, 4) is 11.1 Å². The van der Waals surface area contributed by atoms with Gasteiger partial charge in [-0.2, -0.15) is 0 Å². The van der Waals surface area contributed by atoms with Gasteiger partial charge in [-0.15, -0.1) is 0 Å². The number of fused-ring (bicyclic) bond motifs is 3. The molecule has 0 heterocycles. The molecule has 3 N–H and O–H groups in total. The number of carboxylic acid groups (broad SMARTS) is 1. The molecule has 2 aromatic carbocycles. The van der Waals surface area contributed by atoms with Gasteiger partial charge in [-0.3, -0.25) is 9.59 Å². The van der Waals surface area contributed by atoms with E-state index in [-0.39, 0.29) is 18.9 Å². The quantitative estimate of drug-likeness (QED) is 0.464. The van der Waals surface area contributed by atoms with Crippen molar-refractivity contribution >= 4 is 18.0 Å². The third-order valence-corrected chi connectivity index (χ3v) is 6.15. The standard InChI is InChI=1S/C26H32N2O6/c1-4-9-17(14-23(29)30)27-25(31)24(16(2)33-3)28-26(32)34-15-22-20-12-7-5-10-18(20)19-11-6-8-13-21(19)22/h5-8,10-13,16-17,22,24H,4,9,14-15H2,1-3H3,(H,27,31)(H,28,32)(H,29,30)/t16-,17-,24+/m1/s1. The summed E-state index contributed by atoms with van der Waals surface area (Å²) in [7, 11) is 1.44. The number of amides is 2. The zero-order valence-corrected chi connectivity index (χ0v) is 19.7. The predicted molar refractivity (Wildman–Crippen MR) is 128 cm³/mol. The van der Waals surface area contributed by atoms with Crippen molar-refractivity contribution in [2.45, 2.75) is 57.2 Å². The van der Waals surface area contributed by atoms with E-state index in [4.69, 9.17) is 14.6 Å². The Morgan fingerprint density at radius 2 is 1.59 bits per heavy atom. The van der Waals surface area contributed by atoms with Gasteiger partial charge >= 0.3 is 12.1 Å². The molecule has 34 heavy (non-hydrogen) atoms. The third kappa shape index (κ3) is 5.94. The summed E-state index contributed by atoms with van der Waals surface area (Å²) in [4.78, 5) is 36.7. The van der Waals surface area contributed by atoms with E-state index in [9.17, 15) is 14.4 Å². The highest BCUT2D eigenvalue weighted by Gasteiger charge is 2.32. The summed E-state index contributed by atoms with van der Waals surface area (Å²) >= 11 is 0. The summed E-state index contributed by atoms with van der Waals surface area (Å²) in [6, 6.07) is 14.5. The molecular formula is C26H32N2O6. The van der Waals surface area contributed by atoms with Crippen LogP contribution in [0.25, 0.3) is 11.1 Å². The van der Waals surface area contributed by atoms with E-state index in [0.717, 1.165) is 22.3 Å². The van der Waals surface area contributed by atoms with Crippen molar-refractivity contribution in [3.05, 3.63) is 59.7 Å². The second-order valence-corrected chi connectivity index (χ2v) is 8.48. The molecule has 0 aliphatic heterocycles. The van der Waals surface area contributed by atoms with E-state index < -0.39 is 36.2 Å². The molecule has 0 radical (unpaired) electrons. The molecule has 8 nitrogen and oxygen atoms in total. The Hall–Kier alpha value is -3.39. The summed E-state index contributed by atoms with van der Waals surface area (Å²) < 4.78 is 10.8. The number of alkyl carbamates (subject to hydrolysis) is 1. The first-order chi connectivity index (χ1) is 16.3. The van der Waals surface area contributed by atoms with E-state index in [1.807, 2.05) is 43.3 Å². The molecule has 1 aliphatic carbocycles. The van der Waals surface area contributed by atoms with Crippen LogP contribution in [0, 0.1) is 0 Å². The number of ether oxygens (including phenoxy) is 2. The Morgan fingerprint density at radius 3 is 2.12 bits per heavy atom. The lowest BCUT2D eigenvalue weighted by Crippen LogP contribution is -2.55. The lowest BCUT2D eigenvalue weighted by molar-refractivity contribution is -0.138. The summed E-state index contributed by atoms with van der Waals surface area (Å²) in [5, 5.41) is 14.4. The van der Waals surface area contributed by atoms with Gasteiger partial charge < -0.3 is 25.2 Å². The lowest BCUT2D eigenvalue weighted by atomic mass is 9.98. The molecule has 2 amide bonds. The number of carboxylic acids is 1. The Kier molecular flexibility index (Phi) is 8.65. The first-order valence-electron chi connectivity index (χ1n) is 11.5. The Balaban J connectivity index is 1.66. The van der Waals surface area contributed by atoms with Crippen LogP contribution in [0.4, 0.5) is 4.79 Å². The predicted octanol–water partition coefficient (Wildman–Crippen LogP) is 3.69. The Bertz CT molecular complexity index is 978. The molecule has 1 aliphatic rings. The number of carbonyl (C=O) groups is 3. The Morgan fingerprint density at radius 1 is 1.00 bits per heavy atom. The van der Waals surface area contributed by atoms with Crippen molar-refractivity contribution < 1.29 is 29.0 Å². The number of hydrogen-bond acceptors (Lipinski definition) is 5. The van der Waals surface area contributed by atoms with Gasteiger partial charge in [0.1, 0.15) is 12.6 Å². The van der Waals surface area contributed by atoms with Crippen LogP contribution in [0.5, 0.6) is 0 Å². The average Bonchev–Trinajstić information content (AvgIpc) is 3.14. The molecule has 0 saturated carbocycles. The summed E-state index contributed by atoms with van der Waals surface area (Å²) in [6.45, 7) is 3.68. The fraction of sp³-hybridized carbons (Fsp3) is 0.423. The Labute approximate surface area is 199 Å². The summed E-state index contributed by atoms with van der Waals surface area (Å²) in [5.74, 6) is -1.61. The first-order valence-corrected chi connectivity index (χ1v) is 11.5. The van der Waals surface area contributed by atoms with E-state index >= 15 is 0 Å². The van der Waals surface area contributed by atoms with Gasteiger partial charge in [0.25, 0.3) is 0 Å². The molecule has 0 aromatic heterocycles. The van der Waals surface area contributed by atoms with Crippen LogP contribution in [0.3, 0.4) is 0 Å². The summed E-state index contributed by atoms with van der Waals surface area (Å²) in [6.07, 6.45) is -0.359. The molecule has 0 fully saturated rings. The van der Waals surface area contributed by atoms with Crippen LogP contribution in [-0.4, -0.2) is 55.0 Å². The number of nitrogens with one attached hydrogen (secondary N) is 2. The number of rotatable bonds is 11. The molecule has 3 atom stereocenters. The molecule has 0 spiro atoms. The smallest absolute Gasteiger partial charge is 0.407 e. The van der Waals surface area contributed by atoms with Crippen LogP contribution in [0.1, 0.15) is 50.2 Å². The van der Waals surface area contributed by atoms with Crippen LogP contribution in [-0.2, 0) is 19.1 Å². The molecule has 0 unspecified atom stereocenters. The number of hydrogen-bond donors (Lipinski definition) is 3. The zero-order chi connectivity index (χ0) is 24.7. The fourth-order valence-electron chi connectivity index (χ4n) is 4.37. The van der Waals surface area contributed by atoms with E-state index in [1.165, 1.54) is 7.11 Å². The fourth-order valence-corrected chi connectivity index (χ4v) is 4.37. The molecule has 2 aromatic rings. The minimum atomic E-state index is -1.03. The largest absolute Gasteiger partial charge is 0.481 e. The molecule has 3 rings (SSSR count). The second kappa shape index (κ2) is 11.7. The number of carbonyl (C=O) groups excluding carboxylic acids is 2. The minimum absolute atomic E-state index is 0.102. The molecule has 0 bridgehead atoms. The van der Waals surface area contributed by atoms with Gasteiger partial charge in [0.05, 0.1) is 12.5 Å². The maximum Gasteiger partial charge on any atom is 0.407 e. The zero-order valence-electron chi connectivity index (χ0n) is 19.7. The van der Waals surface area contributed by atoms with Gasteiger partial charge in [-0.25, -0.2) is 4.79 Å². The molecular weight excluding hydrogens is 436 g/mol. The SMILES string of the molecule is CCC[C@H](CC(=O)O)NC(=O)[C@@H](NC(=O)OCC1c2ccccc2-c2ccccc21)[C@@H](C)OC. The molecule has 0 saturated heterocycles. The van der Waals surface area contributed by atoms with Crippen LogP contribution >= 0.6 is 0 Å². The van der Waals surface area contributed by atoms with E-state index in [2.05, 4.69) is 22.8 Å². The average molecular weight is 469 g/mol. The van der Waals surface area contributed by atoms with Crippen LogP contribution < -0.4 is 10.6 Å². The van der Waals surface area contributed by atoms with Gasteiger partial charge in [-0.1, -0.05) is 61.9 Å². The highest BCUT2D eigenvalue weighted by molar-refractivity contribution is 5.87. The van der Waals surface area contributed by atoms with Crippen molar-refractivity contribution in [1.29, 1.82) is 0 Å². The minimum Gasteiger partial charge on any atom is -0.481 e. The first kappa shape index (κ1) is 25.2. The van der Waals surface area contributed by atoms with Gasteiger partial charge in [0.2, 0.25) is 5.91 Å². The van der Waals surface area contributed by atoms with E-state index in [1.54, 1.807) is 6.92 Å². The lowest BCUT2D eigenvalue weighted by Gasteiger charge is -2.26. The summed E-state index contributed by atoms with van der Waals surface area (Å²) in [5.41, 5.74) is 4.43. The van der Waals surface area contributed by atoms with Crippen LogP contribution in [0.2, 0.25) is 0 Å². The topological polar surface area (TPSA) is 114 Å². The highest BCUT2D eigenvalue weighted by Crippen LogP contribution is 2.44. The van der Waals surface area contributed by atoms with Crippen molar-refractivity contribution in [2.75, 3.05) is 13.7 Å². The number of methoxy groups -OCH3 is 1. The number of benzene rings is 2. The van der Waals surface area contributed by atoms with Crippen molar-refractivity contribution in [1.82, 2.24) is 10.6 Å². The second-order valence-electron chi connectivity index (χ2n) is 8.48. The van der Waals surface area contributed by atoms with Crippen LogP contribution in [0.15, 0.2) is 48.5 Å². The highest BCUT2D eigenvalue weighted by atomic mass is 16.5. The van der Waals surface area contributed by atoms with Gasteiger partial charge in [0.15, 0.2) is 0 Å². The van der Waals surface area contributed by atoms with E-state index in [0.29, 0.717) is 12.8 Å². The molecule has 182 valence electrons. The van der Waals surface area contributed by atoms with Gasteiger partial charge in [0, 0.05) is 19.1 Å². The normalized spacial score (nSPS) is 14.9. The van der Waals surface area contributed by atoms with Gasteiger partial charge in [-0.05, 0) is 35.6 Å². The maximum atomic E-state index is 12.9. The number of aliphatic carboxylic acids is 1.